The van der Waals surface area contributed by atoms with Crippen LogP contribution in [0.1, 0.15) is 61.9 Å². The zero-order chi connectivity index (χ0) is 24.8. The van der Waals surface area contributed by atoms with Gasteiger partial charge in [0.15, 0.2) is 0 Å². The van der Waals surface area contributed by atoms with Crippen molar-refractivity contribution in [2.45, 2.75) is 52.9 Å². The average molecular weight is 463 g/mol. The molecule has 1 aromatic heterocycles. The van der Waals surface area contributed by atoms with Crippen molar-refractivity contribution in [2.24, 2.45) is 0 Å². The number of aryl methyl sites for hydroxylation is 2. The summed E-state index contributed by atoms with van der Waals surface area (Å²) in [6.45, 7) is 10.7. The van der Waals surface area contributed by atoms with E-state index in [2.05, 4.69) is 129 Å². The van der Waals surface area contributed by atoms with E-state index in [0.29, 0.717) is 11.8 Å². The Balaban J connectivity index is 1.49. The van der Waals surface area contributed by atoms with Crippen LogP contribution in [0.15, 0.2) is 83.3 Å². The van der Waals surface area contributed by atoms with Gasteiger partial charge in [0, 0.05) is 11.1 Å². The first-order valence-corrected chi connectivity index (χ1v) is 12.3. The lowest BCUT2D eigenvalue weighted by Crippen LogP contribution is -2.10. The quantitative estimate of drug-likeness (QED) is 0.276. The van der Waals surface area contributed by atoms with Gasteiger partial charge in [-0.25, -0.2) is 0 Å². The highest BCUT2D eigenvalue weighted by molar-refractivity contribution is 5.71. The third-order valence-corrected chi connectivity index (χ3v) is 6.10. The molecule has 0 aliphatic rings. The van der Waals surface area contributed by atoms with Crippen LogP contribution in [0.4, 0.5) is 0 Å². The molecule has 0 fully saturated rings. The van der Waals surface area contributed by atoms with E-state index >= 15 is 0 Å². The largest absolute Gasteiger partial charge is 0.416 e. The maximum absolute atomic E-state index is 6.12. The minimum Gasteiger partial charge on any atom is -0.416 e. The second-order valence-corrected chi connectivity index (χ2v) is 10.0. The Bertz CT molecular complexity index is 1320. The number of nitrogens with zero attached hydrogens (tertiary/aromatic N) is 2. The van der Waals surface area contributed by atoms with E-state index in [0.717, 1.165) is 35.1 Å². The normalized spacial score (nSPS) is 12.1. The highest BCUT2D eigenvalue weighted by Crippen LogP contribution is 2.30. The summed E-state index contributed by atoms with van der Waals surface area (Å²) in [5, 5.41) is 8.72. The zero-order valence-electron chi connectivity index (χ0n) is 21.4. The molecule has 1 heterocycles. The minimum absolute atomic E-state index is 0.108. The van der Waals surface area contributed by atoms with Crippen LogP contribution in [-0.2, 0) is 11.8 Å². The molecular weight excluding hydrogens is 428 g/mol. The van der Waals surface area contributed by atoms with E-state index in [9.17, 15) is 0 Å². The lowest BCUT2D eigenvalue weighted by Gasteiger charge is -2.18. The Kier molecular flexibility index (Phi) is 7.45. The number of benzene rings is 3. The van der Waals surface area contributed by atoms with E-state index in [1.54, 1.807) is 0 Å². The van der Waals surface area contributed by atoms with Crippen molar-refractivity contribution in [1.82, 2.24) is 10.2 Å². The number of rotatable bonds is 7. The van der Waals surface area contributed by atoms with Crippen LogP contribution in [0.25, 0.3) is 35.1 Å². The van der Waals surface area contributed by atoms with Crippen LogP contribution in [0.5, 0.6) is 0 Å². The molecule has 0 unspecified atom stereocenters. The number of allylic oxidation sites excluding steroid dienone is 2. The topological polar surface area (TPSA) is 38.9 Å². The number of hydrogen-bond acceptors (Lipinski definition) is 3. The Morgan fingerprint density at radius 2 is 1.54 bits per heavy atom. The molecule has 178 valence electrons. The number of hydrogen-bond donors (Lipinski definition) is 0. The van der Waals surface area contributed by atoms with Crippen molar-refractivity contribution in [2.75, 3.05) is 0 Å². The van der Waals surface area contributed by atoms with Crippen molar-refractivity contribution in [3.8, 4) is 22.9 Å². The van der Waals surface area contributed by atoms with Gasteiger partial charge < -0.3 is 4.42 Å². The lowest BCUT2D eigenvalue weighted by molar-refractivity contribution is 0.582. The Morgan fingerprint density at radius 1 is 0.829 bits per heavy atom. The van der Waals surface area contributed by atoms with Gasteiger partial charge >= 0.3 is 0 Å². The fraction of sp³-hybridized carbons (Fsp3) is 0.250. The van der Waals surface area contributed by atoms with E-state index in [-0.39, 0.29) is 5.41 Å². The van der Waals surface area contributed by atoms with Gasteiger partial charge in [0.2, 0.25) is 11.8 Å². The standard InChI is InChI=1S/C32H34N2O/c1-6-9-24-13-15-25(16-14-24)10-7-8-11-26-17-12-23(2)22-29(26)31-34-33-30(35-31)27-18-20-28(21-19-27)32(3,4)5/h6,8-9,11-22H,7,10H2,1-5H3. The Morgan fingerprint density at radius 3 is 2.23 bits per heavy atom. The summed E-state index contributed by atoms with van der Waals surface area (Å²) in [5.74, 6) is 1.08. The molecule has 3 nitrogen and oxygen atoms in total. The molecule has 3 heteroatoms. The summed E-state index contributed by atoms with van der Waals surface area (Å²) in [6, 6.07) is 23.5. The first-order valence-electron chi connectivity index (χ1n) is 12.3. The molecule has 0 aliphatic carbocycles. The maximum Gasteiger partial charge on any atom is 0.248 e. The van der Waals surface area contributed by atoms with Crippen molar-refractivity contribution < 1.29 is 4.42 Å². The first-order chi connectivity index (χ1) is 16.8. The summed E-state index contributed by atoms with van der Waals surface area (Å²) in [4.78, 5) is 0. The summed E-state index contributed by atoms with van der Waals surface area (Å²) < 4.78 is 6.12. The van der Waals surface area contributed by atoms with Gasteiger partial charge in [-0.1, -0.05) is 99.2 Å². The second-order valence-electron chi connectivity index (χ2n) is 10.0. The minimum atomic E-state index is 0.108. The summed E-state index contributed by atoms with van der Waals surface area (Å²) in [7, 11) is 0. The van der Waals surface area contributed by atoms with Crippen LogP contribution in [0.3, 0.4) is 0 Å². The molecule has 0 aliphatic heterocycles. The zero-order valence-corrected chi connectivity index (χ0v) is 21.4. The van der Waals surface area contributed by atoms with Gasteiger partial charge in [0.25, 0.3) is 0 Å². The molecule has 0 amide bonds. The third-order valence-electron chi connectivity index (χ3n) is 6.10. The summed E-state index contributed by atoms with van der Waals surface area (Å²) in [5.41, 5.74) is 8.10. The summed E-state index contributed by atoms with van der Waals surface area (Å²) >= 11 is 0. The van der Waals surface area contributed by atoms with E-state index < -0.39 is 0 Å². The van der Waals surface area contributed by atoms with E-state index in [4.69, 9.17) is 4.42 Å². The number of aromatic nitrogens is 2. The molecule has 0 saturated heterocycles. The van der Waals surface area contributed by atoms with Crippen LogP contribution in [0.2, 0.25) is 0 Å². The van der Waals surface area contributed by atoms with Crippen LogP contribution in [0, 0.1) is 6.92 Å². The first kappa shape index (κ1) is 24.4. The van der Waals surface area contributed by atoms with Crippen molar-refractivity contribution in [1.29, 1.82) is 0 Å². The Labute approximate surface area is 209 Å². The van der Waals surface area contributed by atoms with Gasteiger partial charge in [-0.05, 0) is 72.6 Å². The molecule has 0 radical (unpaired) electrons. The van der Waals surface area contributed by atoms with Gasteiger partial charge in [-0.3, -0.25) is 0 Å². The molecule has 4 rings (SSSR count). The lowest BCUT2D eigenvalue weighted by atomic mass is 9.87. The molecule has 0 spiro atoms. The predicted molar refractivity (Wildman–Crippen MR) is 147 cm³/mol. The van der Waals surface area contributed by atoms with Gasteiger partial charge in [0.1, 0.15) is 0 Å². The van der Waals surface area contributed by atoms with Gasteiger partial charge in [-0.15, -0.1) is 10.2 Å². The molecule has 0 saturated carbocycles. The summed E-state index contributed by atoms with van der Waals surface area (Å²) in [6.07, 6.45) is 10.5. The molecule has 0 atom stereocenters. The fourth-order valence-corrected chi connectivity index (χ4v) is 4.01. The predicted octanol–water partition coefficient (Wildman–Crippen LogP) is 8.69. The monoisotopic (exact) mass is 462 g/mol. The van der Waals surface area contributed by atoms with Crippen molar-refractivity contribution >= 4 is 12.2 Å². The molecule has 0 N–H and O–H groups in total. The maximum atomic E-state index is 6.12. The smallest absolute Gasteiger partial charge is 0.248 e. The molecule has 4 aromatic rings. The van der Waals surface area contributed by atoms with Gasteiger partial charge in [0.05, 0.1) is 0 Å². The SMILES string of the molecule is CC=Cc1ccc(CCC=Cc2ccc(C)cc2-c2nnc(-c3ccc(C(C)(C)C)cc3)o2)cc1. The van der Waals surface area contributed by atoms with Crippen molar-refractivity contribution in [3.05, 3.63) is 107 Å². The Hall–Kier alpha value is -3.72. The third kappa shape index (κ3) is 6.24. The van der Waals surface area contributed by atoms with Crippen molar-refractivity contribution in [3.63, 3.8) is 0 Å². The molecule has 3 aromatic carbocycles. The average Bonchev–Trinajstić information content (AvgIpc) is 3.33. The fourth-order valence-electron chi connectivity index (χ4n) is 4.01. The highest BCUT2D eigenvalue weighted by atomic mass is 16.4. The van der Waals surface area contributed by atoms with E-state index in [1.807, 2.05) is 6.92 Å². The van der Waals surface area contributed by atoms with Crippen LogP contribution >= 0.6 is 0 Å². The van der Waals surface area contributed by atoms with Crippen LogP contribution in [-0.4, -0.2) is 10.2 Å². The van der Waals surface area contributed by atoms with Gasteiger partial charge in [-0.2, -0.15) is 0 Å². The molecule has 0 bridgehead atoms. The molecular formula is C32H34N2O. The molecule has 35 heavy (non-hydrogen) atoms. The van der Waals surface area contributed by atoms with Crippen LogP contribution < -0.4 is 0 Å². The second kappa shape index (κ2) is 10.7. The van der Waals surface area contributed by atoms with E-state index in [1.165, 1.54) is 16.7 Å². The highest BCUT2D eigenvalue weighted by Gasteiger charge is 2.16.